The molecule has 0 aliphatic heterocycles. The molecule has 1 aromatic carbocycles. The summed E-state index contributed by atoms with van der Waals surface area (Å²) in [4.78, 5) is 4.06. The Hall–Kier alpha value is -1.84. The van der Waals surface area contributed by atoms with E-state index in [1.54, 1.807) is 0 Å². The molecule has 0 amide bonds. The van der Waals surface area contributed by atoms with Crippen molar-refractivity contribution >= 4 is 22.6 Å². The van der Waals surface area contributed by atoms with Gasteiger partial charge in [0, 0.05) is 22.8 Å². The lowest BCUT2D eigenvalue weighted by Gasteiger charge is -2.15. The molecule has 2 aromatic heterocycles. The minimum absolute atomic E-state index is 0.142. The Morgan fingerprint density at radius 2 is 2.00 bits per heavy atom. The summed E-state index contributed by atoms with van der Waals surface area (Å²) in [5, 5.41) is 5.24. The van der Waals surface area contributed by atoms with Crippen LogP contribution >= 0.6 is 11.6 Å². The van der Waals surface area contributed by atoms with Crippen LogP contribution in [-0.2, 0) is 6.42 Å². The van der Waals surface area contributed by atoms with Crippen molar-refractivity contribution in [2.24, 2.45) is 0 Å². The van der Waals surface area contributed by atoms with Crippen LogP contribution in [-0.4, -0.2) is 11.5 Å². The molecule has 1 unspecified atom stereocenters. The van der Waals surface area contributed by atoms with E-state index in [1.165, 1.54) is 5.56 Å². The van der Waals surface area contributed by atoms with Gasteiger partial charge in [0.05, 0.1) is 6.04 Å². The van der Waals surface area contributed by atoms with E-state index < -0.39 is 0 Å². The summed E-state index contributed by atoms with van der Waals surface area (Å²) in [5.41, 5.74) is 2.10. The van der Waals surface area contributed by atoms with E-state index in [0.29, 0.717) is 0 Å². The normalized spacial score (nSPS) is 12.7. The van der Waals surface area contributed by atoms with Crippen LogP contribution < -0.4 is 5.32 Å². The molecule has 108 valence electrons. The first-order valence-electron chi connectivity index (χ1n) is 7.07. The fourth-order valence-electron chi connectivity index (χ4n) is 2.48. The summed E-state index contributed by atoms with van der Waals surface area (Å²) >= 11 is 6.03. The van der Waals surface area contributed by atoms with E-state index in [0.717, 1.165) is 34.7 Å². The zero-order chi connectivity index (χ0) is 14.7. The average Bonchev–Trinajstić information content (AvgIpc) is 2.91. The standard InChI is InChI=1S/C17H17ClN2O/c1-2-20-15(9-12-5-7-19-8-6-12)17-11-13-10-14(18)3-4-16(13)21-17/h3-8,10-11,15,20H,2,9H2,1H3. The van der Waals surface area contributed by atoms with Gasteiger partial charge in [-0.05, 0) is 54.9 Å². The monoisotopic (exact) mass is 300 g/mol. The van der Waals surface area contributed by atoms with E-state index in [9.17, 15) is 0 Å². The highest BCUT2D eigenvalue weighted by Crippen LogP contribution is 2.28. The molecule has 0 saturated heterocycles. The number of benzene rings is 1. The maximum absolute atomic E-state index is 6.03. The lowest BCUT2D eigenvalue weighted by molar-refractivity contribution is 0.435. The summed E-state index contributed by atoms with van der Waals surface area (Å²) in [6.07, 6.45) is 4.50. The molecule has 1 atom stereocenters. The first kappa shape index (κ1) is 14.1. The molecular weight excluding hydrogens is 284 g/mol. The van der Waals surface area contributed by atoms with Gasteiger partial charge in [0.2, 0.25) is 0 Å². The van der Waals surface area contributed by atoms with Crippen molar-refractivity contribution in [3.8, 4) is 0 Å². The third-order valence-electron chi connectivity index (χ3n) is 3.48. The molecule has 4 heteroatoms. The number of rotatable bonds is 5. The summed E-state index contributed by atoms with van der Waals surface area (Å²) in [5.74, 6) is 0.936. The SMILES string of the molecule is CCNC(Cc1ccncc1)c1cc2cc(Cl)ccc2o1. The fourth-order valence-corrected chi connectivity index (χ4v) is 2.66. The molecule has 0 fully saturated rings. The minimum Gasteiger partial charge on any atom is -0.459 e. The number of hydrogen-bond donors (Lipinski definition) is 1. The number of nitrogens with zero attached hydrogens (tertiary/aromatic N) is 1. The second-order valence-corrected chi connectivity index (χ2v) is 5.44. The van der Waals surface area contributed by atoms with Gasteiger partial charge < -0.3 is 9.73 Å². The number of halogens is 1. The molecule has 1 N–H and O–H groups in total. The van der Waals surface area contributed by atoms with Crippen molar-refractivity contribution in [3.05, 3.63) is 65.1 Å². The second-order valence-electron chi connectivity index (χ2n) is 5.00. The quantitative estimate of drug-likeness (QED) is 0.760. The molecule has 0 radical (unpaired) electrons. The zero-order valence-electron chi connectivity index (χ0n) is 11.8. The minimum atomic E-state index is 0.142. The number of furan rings is 1. The highest BCUT2D eigenvalue weighted by molar-refractivity contribution is 6.31. The molecule has 0 aliphatic carbocycles. The fraction of sp³-hybridized carbons (Fsp3) is 0.235. The van der Waals surface area contributed by atoms with E-state index >= 15 is 0 Å². The third-order valence-corrected chi connectivity index (χ3v) is 3.72. The molecule has 0 spiro atoms. The van der Waals surface area contributed by atoms with Crippen molar-refractivity contribution in [1.29, 1.82) is 0 Å². The van der Waals surface area contributed by atoms with Gasteiger partial charge >= 0.3 is 0 Å². The van der Waals surface area contributed by atoms with Crippen molar-refractivity contribution in [1.82, 2.24) is 10.3 Å². The van der Waals surface area contributed by atoms with Crippen LogP contribution in [0.15, 0.2) is 53.2 Å². The molecule has 3 rings (SSSR count). The Labute approximate surface area is 128 Å². The number of likely N-dealkylation sites (N-methyl/N-ethyl adjacent to an activating group) is 1. The number of hydrogen-bond acceptors (Lipinski definition) is 3. The van der Waals surface area contributed by atoms with Crippen molar-refractivity contribution in [2.75, 3.05) is 6.54 Å². The molecule has 3 nitrogen and oxygen atoms in total. The second kappa shape index (κ2) is 6.29. The third kappa shape index (κ3) is 3.26. The van der Waals surface area contributed by atoms with Crippen LogP contribution in [0.5, 0.6) is 0 Å². The molecule has 21 heavy (non-hydrogen) atoms. The first-order valence-corrected chi connectivity index (χ1v) is 7.45. The Morgan fingerprint density at radius 1 is 1.19 bits per heavy atom. The Bertz CT molecular complexity index is 724. The predicted molar refractivity (Wildman–Crippen MR) is 85.6 cm³/mol. The highest BCUT2D eigenvalue weighted by Gasteiger charge is 2.16. The van der Waals surface area contributed by atoms with Gasteiger partial charge in [-0.3, -0.25) is 4.98 Å². The largest absolute Gasteiger partial charge is 0.459 e. The van der Waals surface area contributed by atoms with Crippen LogP contribution in [0.1, 0.15) is 24.3 Å². The average molecular weight is 301 g/mol. The maximum Gasteiger partial charge on any atom is 0.134 e. The summed E-state index contributed by atoms with van der Waals surface area (Å²) in [6, 6.07) is 12.0. The number of aromatic nitrogens is 1. The van der Waals surface area contributed by atoms with Crippen LogP contribution in [0.25, 0.3) is 11.0 Å². The van der Waals surface area contributed by atoms with Crippen LogP contribution in [0, 0.1) is 0 Å². The van der Waals surface area contributed by atoms with Crippen LogP contribution in [0.4, 0.5) is 0 Å². The predicted octanol–water partition coefficient (Wildman–Crippen LogP) is 4.37. The lowest BCUT2D eigenvalue weighted by Crippen LogP contribution is -2.22. The van der Waals surface area contributed by atoms with E-state index in [-0.39, 0.29) is 6.04 Å². The van der Waals surface area contributed by atoms with Gasteiger partial charge in [-0.25, -0.2) is 0 Å². The molecule has 0 saturated carbocycles. The molecular formula is C17H17ClN2O. The van der Waals surface area contributed by atoms with Crippen LogP contribution in [0.2, 0.25) is 5.02 Å². The van der Waals surface area contributed by atoms with E-state index in [4.69, 9.17) is 16.0 Å². The Balaban J connectivity index is 1.91. The van der Waals surface area contributed by atoms with Gasteiger partial charge in [0.1, 0.15) is 11.3 Å². The molecule has 0 aliphatic rings. The van der Waals surface area contributed by atoms with Crippen molar-refractivity contribution < 1.29 is 4.42 Å². The molecule has 3 aromatic rings. The molecule has 0 bridgehead atoms. The van der Waals surface area contributed by atoms with Crippen molar-refractivity contribution in [3.63, 3.8) is 0 Å². The number of nitrogens with one attached hydrogen (secondary N) is 1. The number of pyridine rings is 1. The van der Waals surface area contributed by atoms with E-state index in [2.05, 4.69) is 23.3 Å². The number of fused-ring (bicyclic) bond motifs is 1. The first-order chi connectivity index (χ1) is 10.3. The maximum atomic E-state index is 6.03. The van der Waals surface area contributed by atoms with Gasteiger partial charge in [-0.15, -0.1) is 0 Å². The van der Waals surface area contributed by atoms with Gasteiger partial charge in [-0.2, -0.15) is 0 Å². The van der Waals surface area contributed by atoms with Crippen LogP contribution in [0.3, 0.4) is 0 Å². The Morgan fingerprint density at radius 3 is 2.76 bits per heavy atom. The lowest BCUT2D eigenvalue weighted by atomic mass is 10.0. The van der Waals surface area contributed by atoms with Gasteiger partial charge in [0.25, 0.3) is 0 Å². The molecule has 2 heterocycles. The van der Waals surface area contributed by atoms with Gasteiger partial charge in [-0.1, -0.05) is 18.5 Å². The summed E-state index contributed by atoms with van der Waals surface area (Å²) in [6.45, 7) is 2.98. The van der Waals surface area contributed by atoms with E-state index in [1.807, 2.05) is 42.7 Å². The topological polar surface area (TPSA) is 38.1 Å². The highest BCUT2D eigenvalue weighted by atomic mass is 35.5. The summed E-state index contributed by atoms with van der Waals surface area (Å²) in [7, 11) is 0. The zero-order valence-corrected chi connectivity index (χ0v) is 12.6. The smallest absolute Gasteiger partial charge is 0.134 e. The summed E-state index contributed by atoms with van der Waals surface area (Å²) < 4.78 is 5.97. The van der Waals surface area contributed by atoms with Gasteiger partial charge in [0.15, 0.2) is 0 Å². The Kier molecular flexibility index (Phi) is 4.23. The van der Waals surface area contributed by atoms with Crippen molar-refractivity contribution in [2.45, 2.75) is 19.4 Å².